The number of nitrogens with zero attached hydrogens (tertiary/aromatic N) is 4. The summed E-state index contributed by atoms with van der Waals surface area (Å²) >= 11 is 0. The van der Waals surface area contributed by atoms with Crippen molar-refractivity contribution in [2.45, 2.75) is 6.92 Å². The molecule has 10 heteroatoms. The summed E-state index contributed by atoms with van der Waals surface area (Å²) < 4.78 is 5.63. The minimum absolute atomic E-state index is 0.239. The molecule has 0 aliphatic rings. The van der Waals surface area contributed by atoms with E-state index in [1.54, 1.807) is 37.7 Å². The number of hydrogen-bond donors (Lipinski definition) is 3. The molecule has 0 saturated heterocycles. The van der Waals surface area contributed by atoms with E-state index in [0.29, 0.717) is 28.4 Å². The molecule has 0 aliphatic heterocycles. The molecule has 0 radical (unpaired) electrons. The molecule has 0 spiro atoms. The van der Waals surface area contributed by atoms with Crippen molar-refractivity contribution in [3.05, 3.63) is 65.2 Å². The molecule has 3 N–H and O–H groups in total. The first-order valence-electron chi connectivity index (χ1n) is 11.0. The molecule has 3 aromatic rings. The van der Waals surface area contributed by atoms with Gasteiger partial charge >= 0.3 is 0 Å². The molecule has 1 aromatic carbocycles. The van der Waals surface area contributed by atoms with Gasteiger partial charge in [0, 0.05) is 38.6 Å². The van der Waals surface area contributed by atoms with E-state index in [1.165, 1.54) is 6.08 Å². The van der Waals surface area contributed by atoms with Crippen LogP contribution in [0.2, 0.25) is 0 Å². The zero-order valence-electron chi connectivity index (χ0n) is 20.7. The van der Waals surface area contributed by atoms with Crippen LogP contribution in [-0.4, -0.2) is 67.1 Å². The average Bonchev–Trinajstić information content (AvgIpc) is 2.84. The van der Waals surface area contributed by atoms with Crippen molar-refractivity contribution in [2.24, 2.45) is 0 Å². The van der Waals surface area contributed by atoms with Gasteiger partial charge in [-0.15, -0.1) is 0 Å². The predicted molar refractivity (Wildman–Crippen MR) is 140 cm³/mol. The Morgan fingerprint density at radius 1 is 1.20 bits per heavy atom. The lowest BCUT2D eigenvalue weighted by atomic mass is 10.1. The number of pyridine rings is 1. The zero-order chi connectivity index (χ0) is 25.5. The van der Waals surface area contributed by atoms with Crippen molar-refractivity contribution in [1.82, 2.24) is 19.9 Å². The molecule has 1 amide bonds. The Morgan fingerprint density at radius 3 is 2.66 bits per heavy atom. The maximum Gasteiger partial charge on any atom is 0.257 e. The van der Waals surface area contributed by atoms with Gasteiger partial charge in [-0.3, -0.25) is 9.59 Å². The Labute approximate surface area is 204 Å². The van der Waals surface area contributed by atoms with Crippen molar-refractivity contribution >= 4 is 28.9 Å². The van der Waals surface area contributed by atoms with E-state index >= 15 is 0 Å². The van der Waals surface area contributed by atoms with Crippen molar-refractivity contribution in [1.29, 1.82) is 0 Å². The molecule has 0 atom stereocenters. The molecule has 184 valence electrons. The normalized spacial score (nSPS) is 10.7. The first-order chi connectivity index (χ1) is 16.7. The van der Waals surface area contributed by atoms with Gasteiger partial charge in [0.2, 0.25) is 11.9 Å². The molecule has 0 unspecified atom stereocenters. The van der Waals surface area contributed by atoms with Gasteiger partial charge < -0.3 is 30.2 Å². The Balaban J connectivity index is 2.00. The monoisotopic (exact) mass is 477 g/mol. The van der Waals surface area contributed by atoms with Gasteiger partial charge in [0.05, 0.1) is 35.4 Å². The van der Waals surface area contributed by atoms with Gasteiger partial charge in [-0.2, -0.15) is 0 Å². The second-order valence-electron chi connectivity index (χ2n) is 8.30. The molecule has 2 heterocycles. The molecule has 2 aromatic heterocycles. The average molecular weight is 478 g/mol. The standard InChI is InChI=1S/C25H31N7O3/c1-7-23(33)28-19-13-20(22(35-6)14-21(19)32(5)11-10-31(3)4)30-25-26-9-8-18(29-25)17-12-16(2)15-27-24(17)34/h7-9,12-15H,1,10-11H2,2-6H3,(H,27,34)(H,28,33)(H,26,29,30). The Morgan fingerprint density at radius 2 is 1.97 bits per heavy atom. The lowest BCUT2D eigenvalue weighted by Crippen LogP contribution is -2.29. The molecule has 0 fully saturated rings. The summed E-state index contributed by atoms with van der Waals surface area (Å²) in [5.74, 6) is 0.479. The molecule has 3 rings (SSSR count). The Kier molecular flexibility index (Phi) is 8.21. The third-order valence-corrected chi connectivity index (χ3v) is 5.28. The number of ether oxygens (including phenoxy) is 1. The fourth-order valence-electron chi connectivity index (χ4n) is 3.38. The maximum atomic E-state index is 12.3. The number of H-pyrrole nitrogens is 1. The summed E-state index contributed by atoms with van der Waals surface area (Å²) in [6.07, 6.45) is 4.43. The van der Waals surface area contributed by atoms with E-state index in [1.807, 2.05) is 39.0 Å². The van der Waals surface area contributed by atoms with Crippen LogP contribution in [0.4, 0.5) is 23.0 Å². The van der Waals surface area contributed by atoms with E-state index in [-0.39, 0.29) is 17.4 Å². The maximum absolute atomic E-state index is 12.3. The highest BCUT2D eigenvalue weighted by Crippen LogP contribution is 2.38. The molecule has 0 aliphatic carbocycles. The highest BCUT2D eigenvalue weighted by atomic mass is 16.5. The third-order valence-electron chi connectivity index (χ3n) is 5.28. The van der Waals surface area contributed by atoms with Crippen LogP contribution >= 0.6 is 0 Å². The largest absolute Gasteiger partial charge is 0.494 e. The smallest absolute Gasteiger partial charge is 0.257 e. The van der Waals surface area contributed by atoms with E-state index in [2.05, 4.69) is 37.1 Å². The van der Waals surface area contributed by atoms with Gasteiger partial charge in [0.1, 0.15) is 5.75 Å². The van der Waals surface area contributed by atoms with Crippen molar-refractivity contribution in [2.75, 3.05) is 56.9 Å². The minimum atomic E-state index is -0.333. The van der Waals surface area contributed by atoms with E-state index in [9.17, 15) is 9.59 Å². The highest BCUT2D eigenvalue weighted by Gasteiger charge is 2.17. The number of aromatic amines is 1. The van der Waals surface area contributed by atoms with Crippen LogP contribution in [0.3, 0.4) is 0 Å². The van der Waals surface area contributed by atoms with Crippen LogP contribution < -0.4 is 25.8 Å². The molecule has 35 heavy (non-hydrogen) atoms. The fourth-order valence-corrected chi connectivity index (χ4v) is 3.38. The number of nitrogens with one attached hydrogen (secondary N) is 3. The van der Waals surface area contributed by atoms with Crippen LogP contribution in [0.1, 0.15) is 5.56 Å². The summed E-state index contributed by atoms with van der Waals surface area (Å²) in [5.41, 5.74) is 3.50. The summed E-state index contributed by atoms with van der Waals surface area (Å²) in [6, 6.07) is 7.04. The number of rotatable bonds is 10. The fraction of sp³-hybridized carbons (Fsp3) is 0.280. The first-order valence-corrected chi connectivity index (χ1v) is 11.0. The number of carbonyl (C=O) groups excluding carboxylic acids is 1. The number of anilines is 4. The van der Waals surface area contributed by atoms with Gasteiger partial charge in [-0.1, -0.05) is 6.58 Å². The molecule has 0 saturated carbocycles. The summed E-state index contributed by atoms with van der Waals surface area (Å²) in [7, 11) is 7.51. The second-order valence-corrected chi connectivity index (χ2v) is 8.30. The number of methoxy groups -OCH3 is 1. The van der Waals surface area contributed by atoms with Crippen LogP contribution in [0.25, 0.3) is 11.3 Å². The number of aromatic nitrogens is 3. The SMILES string of the molecule is C=CC(=O)Nc1cc(Nc2nccc(-c3cc(C)c[nH]c3=O)n2)c(OC)cc1N(C)CCN(C)C. The first kappa shape index (κ1) is 25.4. The number of aryl methyl sites for hydroxylation is 1. The van der Waals surface area contributed by atoms with Crippen LogP contribution in [-0.2, 0) is 4.79 Å². The van der Waals surface area contributed by atoms with Crippen LogP contribution in [0.5, 0.6) is 5.75 Å². The number of likely N-dealkylation sites (N-methyl/N-ethyl adjacent to an activating group) is 2. The Bertz CT molecular complexity index is 1270. The van der Waals surface area contributed by atoms with E-state index in [0.717, 1.165) is 24.3 Å². The lowest BCUT2D eigenvalue weighted by Gasteiger charge is -2.26. The second kappa shape index (κ2) is 11.3. The predicted octanol–water partition coefficient (Wildman–Crippen LogP) is 3.01. The number of benzene rings is 1. The van der Waals surface area contributed by atoms with Crippen molar-refractivity contribution in [3.8, 4) is 17.0 Å². The lowest BCUT2D eigenvalue weighted by molar-refractivity contribution is -0.111. The van der Waals surface area contributed by atoms with Crippen LogP contribution in [0.15, 0.2) is 54.1 Å². The number of carbonyl (C=O) groups is 1. The molecular formula is C25H31N7O3. The van der Waals surface area contributed by atoms with Crippen LogP contribution in [0, 0.1) is 6.92 Å². The van der Waals surface area contributed by atoms with Crippen molar-refractivity contribution in [3.63, 3.8) is 0 Å². The molecule has 10 nitrogen and oxygen atoms in total. The Hall–Kier alpha value is -4.18. The van der Waals surface area contributed by atoms with Gasteiger partial charge in [-0.05, 0) is 50.9 Å². The molecular weight excluding hydrogens is 446 g/mol. The van der Waals surface area contributed by atoms with E-state index < -0.39 is 0 Å². The minimum Gasteiger partial charge on any atom is -0.494 e. The third kappa shape index (κ3) is 6.45. The van der Waals surface area contributed by atoms with Gasteiger partial charge in [0.15, 0.2) is 0 Å². The molecule has 0 bridgehead atoms. The summed E-state index contributed by atoms with van der Waals surface area (Å²) in [4.78, 5) is 40.1. The van der Waals surface area contributed by atoms with Gasteiger partial charge in [0.25, 0.3) is 5.56 Å². The number of amides is 1. The quantitative estimate of drug-likeness (QED) is 0.382. The van der Waals surface area contributed by atoms with Crippen molar-refractivity contribution < 1.29 is 9.53 Å². The summed E-state index contributed by atoms with van der Waals surface area (Å²) in [6.45, 7) is 6.99. The number of hydrogen-bond acceptors (Lipinski definition) is 8. The summed E-state index contributed by atoms with van der Waals surface area (Å²) in [5, 5.41) is 6.02. The van der Waals surface area contributed by atoms with E-state index in [4.69, 9.17) is 4.74 Å². The zero-order valence-corrected chi connectivity index (χ0v) is 20.7. The van der Waals surface area contributed by atoms with Gasteiger partial charge in [-0.25, -0.2) is 9.97 Å². The topological polar surface area (TPSA) is 115 Å². The highest BCUT2D eigenvalue weighted by molar-refractivity contribution is 6.02.